The number of carbonyl (C=O) groups is 3. The van der Waals surface area contributed by atoms with E-state index in [9.17, 15) is 28.9 Å². The first-order valence-electron chi connectivity index (χ1n) is 8.04. The molecule has 0 bridgehead atoms. The molecule has 0 saturated heterocycles. The summed E-state index contributed by atoms with van der Waals surface area (Å²) in [5.74, 6) is -3.05. The van der Waals surface area contributed by atoms with Crippen molar-refractivity contribution in [2.45, 2.75) is 13.0 Å². The van der Waals surface area contributed by atoms with E-state index in [0.29, 0.717) is 11.6 Å². The largest absolute Gasteiger partial charge is 0.454 e. The Bertz CT molecular complexity index is 903. The smallest absolute Gasteiger partial charge is 0.328 e. The Labute approximate surface area is 158 Å². The molecule has 0 aliphatic rings. The van der Waals surface area contributed by atoms with Crippen LogP contribution in [0, 0.1) is 15.9 Å². The maximum atomic E-state index is 13.1. The van der Waals surface area contributed by atoms with E-state index in [-0.39, 0.29) is 5.69 Å². The minimum Gasteiger partial charge on any atom is -0.454 e. The molecule has 2 N–H and O–H groups in total. The molecule has 10 heteroatoms. The summed E-state index contributed by atoms with van der Waals surface area (Å²) in [6, 6.07) is 9.79. The predicted molar refractivity (Wildman–Crippen MR) is 96.0 cm³/mol. The van der Waals surface area contributed by atoms with Gasteiger partial charge in [-0.1, -0.05) is 18.2 Å². The summed E-state index contributed by atoms with van der Waals surface area (Å²) in [5.41, 5.74) is -0.524. The summed E-state index contributed by atoms with van der Waals surface area (Å²) in [6.45, 7) is 0.644. The van der Waals surface area contributed by atoms with E-state index in [2.05, 4.69) is 10.6 Å². The second kappa shape index (κ2) is 9.21. The molecular formula is C18H16FN3O6. The molecule has 0 saturated carbocycles. The number of halogens is 1. The summed E-state index contributed by atoms with van der Waals surface area (Å²) in [4.78, 5) is 45.8. The number of nitrogens with one attached hydrogen (secondary N) is 2. The van der Waals surface area contributed by atoms with Crippen molar-refractivity contribution in [1.82, 2.24) is 5.32 Å². The molecule has 0 radical (unpaired) electrons. The van der Waals surface area contributed by atoms with Gasteiger partial charge in [-0.3, -0.25) is 19.7 Å². The van der Waals surface area contributed by atoms with Gasteiger partial charge in [0.2, 0.25) is 0 Å². The summed E-state index contributed by atoms with van der Waals surface area (Å²) >= 11 is 0. The normalized spacial score (nSPS) is 11.2. The van der Waals surface area contributed by atoms with Crippen LogP contribution in [0.3, 0.4) is 0 Å². The predicted octanol–water partition coefficient (Wildman–Crippen LogP) is 2.03. The van der Waals surface area contributed by atoms with Crippen LogP contribution in [0.4, 0.5) is 15.8 Å². The number of carbonyl (C=O) groups excluding carboxylic acids is 3. The highest BCUT2D eigenvalue weighted by Gasteiger charge is 2.21. The molecule has 2 aromatic carbocycles. The van der Waals surface area contributed by atoms with Gasteiger partial charge in [0.15, 0.2) is 6.61 Å². The first-order chi connectivity index (χ1) is 13.3. The van der Waals surface area contributed by atoms with Gasteiger partial charge in [-0.15, -0.1) is 0 Å². The number of benzene rings is 2. The van der Waals surface area contributed by atoms with Crippen molar-refractivity contribution in [3.63, 3.8) is 0 Å². The number of esters is 1. The molecular weight excluding hydrogens is 373 g/mol. The zero-order valence-electron chi connectivity index (χ0n) is 14.7. The molecule has 0 fully saturated rings. The molecule has 1 atom stereocenters. The first kappa shape index (κ1) is 20.5. The van der Waals surface area contributed by atoms with Crippen LogP contribution in [0.2, 0.25) is 0 Å². The van der Waals surface area contributed by atoms with Gasteiger partial charge < -0.3 is 15.4 Å². The lowest BCUT2D eigenvalue weighted by Gasteiger charge is -2.13. The quantitative estimate of drug-likeness (QED) is 0.424. The number of nitro groups is 1. The van der Waals surface area contributed by atoms with Gasteiger partial charge in [-0.2, -0.15) is 0 Å². The Kier molecular flexibility index (Phi) is 6.74. The second-order valence-electron chi connectivity index (χ2n) is 5.64. The van der Waals surface area contributed by atoms with Crippen LogP contribution in [0.1, 0.15) is 17.3 Å². The minimum atomic E-state index is -1.03. The van der Waals surface area contributed by atoms with E-state index in [1.807, 2.05) is 0 Å². The summed E-state index contributed by atoms with van der Waals surface area (Å²) in [7, 11) is 0. The molecule has 0 aliphatic carbocycles. The van der Waals surface area contributed by atoms with Gasteiger partial charge >= 0.3 is 5.97 Å². The number of anilines is 1. The Morgan fingerprint density at radius 2 is 1.86 bits per heavy atom. The SMILES string of the molecule is CC(NC(=O)c1ccccc1)C(=O)OCC(=O)Nc1ccc(F)cc1[N+](=O)[O-]. The third kappa shape index (κ3) is 5.59. The zero-order chi connectivity index (χ0) is 20.7. The fourth-order valence-corrected chi connectivity index (χ4v) is 2.14. The van der Waals surface area contributed by atoms with Crippen LogP contribution >= 0.6 is 0 Å². The van der Waals surface area contributed by atoms with Crippen LogP contribution in [-0.2, 0) is 14.3 Å². The summed E-state index contributed by atoms with van der Waals surface area (Å²) in [6.07, 6.45) is 0. The van der Waals surface area contributed by atoms with Crippen molar-refractivity contribution >= 4 is 29.2 Å². The highest BCUT2D eigenvalue weighted by molar-refractivity contribution is 5.97. The van der Waals surface area contributed by atoms with Crippen molar-refractivity contribution in [3.8, 4) is 0 Å². The second-order valence-corrected chi connectivity index (χ2v) is 5.64. The van der Waals surface area contributed by atoms with Gasteiger partial charge in [-0.05, 0) is 31.2 Å². The van der Waals surface area contributed by atoms with Crippen LogP contribution in [0.25, 0.3) is 0 Å². The van der Waals surface area contributed by atoms with Gasteiger partial charge in [0.1, 0.15) is 17.5 Å². The number of ether oxygens (including phenoxy) is 1. The average Bonchev–Trinajstić information content (AvgIpc) is 2.67. The molecule has 2 amide bonds. The van der Waals surface area contributed by atoms with Crippen LogP contribution in [-0.4, -0.2) is 35.4 Å². The first-order valence-corrected chi connectivity index (χ1v) is 8.04. The van der Waals surface area contributed by atoms with Crippen molar-refractivity contribution < 1.29 is 28.4 Å². The lowest BCUT2D eigenvalue weighted by Crippen LogP contribution is -2.40. The highest BCUT2D eigenvalue weighted by Crippen LogP contribution is 2.24. The van der Waals surface area contributed by atoms with E-state index in [1.54, 1.807) is 30.3 Å². The Hall–Kier alpha value is -3.82. The Morgan fingerprint density at radius 3 is 2.50 bits per heavy atom. The molecule has 0 aliphatic heterocycles. The van der Waals surface area contributed by atoms with E-state index >= 15 is 0 Å². The number of hydrogen-bond acceptors (Lipinski definition) is 6. The van der Waals surface area contributed by atoms with Crippen LogP contribution in [0.5, 0.6) is 0 Å². The van der Waals surface area contributed by atoms with Crippen molar-refractivity contribution in [2.24, 2.45) is 0 Å². The number of rotatable bonds is 7. The van der Waals surface area contributed by atoms with E-state index in [0.717, 1.165) is 12.1 Å². The van der Waals surface area contributed by atoms with E-state index in [4.69, 9.17) is 4.74 Å². The van der Waals surface area contributed by atoms with Crippen molar-refractivity contribution in [1.29, 1.82) is 0 Å². The average molecular weight is 389 g/mol. The van der Waals surface area contributed by atoms with E-state index < -0.39 is 46.9 Å². The lowest BCUT2D eigenvalue weighted by atomic mass is 10.2. The Morgan fingerprint density at radius 1 is 1.18 bits per heavy atom. The molecule has 28 heavy (non-hydrogen) atoms. The minimum absolute atomic E-state index is 0.238. The number of hydrogen-bond donors (Lipinski definition) is 2. The van der Waals surface area contributed by atoms with Gasteiger partial charge in [0.25, 0.3) is 17.5 Å². The van der Waals surface area contributed by atoms with Crippen molar-refractivity contribution in [3.05, 3.63) is 70.0 Å². The zero-order valence-corrected chi connectivity index (χ0v) is 14.7. The van der Waals surface area contributed by atoms with E-state index in [1.165, 1.54) is 6.92 Å². The van der Waals surface area contributed by atoms with Gasteiger partial charge in [0, 0.05) is 5.56 Å². The number of nitrogens with zero attached hydrogens (tertiary/aromatic N) is 1. The molecule has 2 aromatic rings. The monoisotopic (exact) mass is 389 g/mol. The molecule has 0 heterocycles. The number of nitro benzene ring substituents is 1. The maximum absolute atomic E-state index is 13.1. The molecule has 1 unspecified atom stereocenters. The third-order valence-corrected chi connectivity index (χ3v) is 3.51. The summed E-state index contributed by atoms with van der Waals surface area (Å²) < 4.78 is 17.9. The fraction of sp³-hybridized carbons (Fsp3) is 0.167. The molecule has 9 nitrogen and oxygen atoms in total. The lowest BCUT2D eigenvalue weighted by molar-refractivity contribution is -0.384. The molecule has 146 valence electrons. The van der Waals surface area contributed by atoms with Crippen LogP contribution < -0.4 is 10.6 Å². The molecule has 0 aromatic heterocycles. The van der Waals surface area contributed by atoms with Crippen molar-refractivity contribution in [2.75, 3.05) is 11.9 Å². The fourth-order valence-electron chi connectivity index (χ4n) is 2.14. The van der Waals surface area contributed by atoms with Crippen LogP contribution in [0.15, 0.2) is 48.5 Å². The Balaban J connectivity index is 1.88. The molecule has 0 spiro atoms. The highest BCUT2D eigenvalue weighted by atomic mass is 19.1. The number of amides is 2. The van der Waals surface area contributed by atoms with Gasteiger partial charge in [0.05, 0.1) is 11.0 Å². The standard InChI is InChI=1S/C18H16FN3O6/c1-11(20-17(24)12-5-3-2-4-6-12)18(25)28-10-16(23)21-14-8-7-13(19)9-15(14)22(26)27/h2-9,11H,10H2,1H3,(H,20,24)(H,21,23). The topological polar surface area (TPSA) is 128 Å². The summed E-state index contributed by atoms with van der Waals surface area (Å²) in [5, 5.41) is 15.5. The maximum Gasteiger partial charge on any atom is 0.328 e. The third-order valence-electron chi connectivity index (χ3n) is 3.51. The molecule has 2 rings (SSSR count). The van der Waals surface area contributed by atoms with Gasteiger partial charge in [-0.25, -0.2) is 9.18 Å².